The fourth-order valence-corrected chi connectivity index (χ4v) is 2.25. The normalized spacial score (nSPS) is 36.5. The van der Waals surface area contributed by atoms with Crippen molar-refractivity contribution in [2.24, 2.45) is 5.73 Å². The molecule has 0 bridgehead atoms. The van der Waals surface area contributed by atoms with E-state index in [0.717, 1.165) is 19.3 Å². The van der Waals surface area contributed by atoms with Gasteiger partial charge < -0.3 is 10.8 Å². The summed E-state index contributed by atoms with van der Waals surface area (Å²) in [7, 11) is 0. The molecule has 0 aromatic carbocycles. The molecule has 0 amide bonds. The van der Waals surface area contributed by atoms with Crippen molar-refractivity contribution in [3.05, 3.63) is 24.3 Å². The molecule has 15 heavy (non-hydrogen) atoms. The molecule has 1 heterocycles. The quantitative estimate of drug-likeness (QED) is 0.719. The average molecular weight is 207 g/mol. The van der Waals surface area contributed by atoms with E-state index in [9.17, 15) is 5.11 Å². The highest BCUT2D eigenvalue weighted by molar-refractivity contribution is 5.15. The maximum Gasteiger partial charge on any atom is 0.150 e. The first kappa shape index (κ1) is 10.5. The number of rotatable bonds is 1. The smallest absolute Gasteiger partial charge is 0.150 e. The molecular formula is C11H17N3O. The maximum atomic E-state index is 10.3. The van der Waals surface area contributed by atoms with Crippen LogP contribution in [0.15, 0.2) is 18.5 Å². The Morgan fingerprint density at radius 3 is 2.47 bits per heavy atom. The molecule has 1 aliphatic rings. The Balaban J connectivity index is 2.40. The second-order valence-electron chi connectivity index (χ2n) is 4.52. The summed E-state index contributed by atoms with van der Waals surface area (Å²) in [6.45, 7) is 1.78. The minimum absolute atomic E-state index is 0.551. The molecule has 1 saturated carbocycles. The summed E-state index contributed by atoms with van der Waals surface area (Å²) in [4.78, 5) is 8.35. The van der Waals surface area contributed by atoms with Gasteiger partial charge in [0, 0.05) is 12.4 Å². The van der Waals surface area contributed by atoms with Crippen LogP contribution >= 0.6 is 0 Å². The van der Waals surface area contributed by atoms with Crippen LogP contribution in [-0.4, -0.2) is 20.7 Å². The first-order valence-corrected chi connectivity index (χ1v) is 5.35. The minimum Gasteiger partial charge on any atom is -0.388 e. The third-order valence-electron chi connectivity index (χ3n) is 3.41. The van der Waals surface area contributed by atoms with Crippen LogP contribution in [-0.2, 0) is 5.54 Å². The monoisotopic (exact) mass is 207 g/mol. The highest BCUT2D eigenvalue weighted by atomic mass is 16.3. The van der Waals surface area contributed by atoms with E-state index in [-0.39, 0.29) is 0 Å². The van der Waals surface area contributed by atoms with E-state index in [1.54, 1.807) is 25.4 Å². The highest BCUT2D eigenvalue weighted by Gasteiger charge is 2.48. The summed E-state index contributed by atoms with van der Waals surface area (Å²) in [5.41, 5.74) is 4.57. The van der Waals surface area contributed by atoms with E-state index < -0.39 is 11.1 Å². The minimum atomic E-state index is -0.910. The zero-order valence-electron chi connectivity index (χ0n) is 8.98. The van der Waals surface area contributed by atoms with Gasteiger partial charge in [-0.15, -0.1) is 0 Å². The van der Waals surface area contributed by atoms with E-state index in [0.29, 0.717) is 12.2 Å². The summed E-state index contributed by atoms with van der Waals surface area (Å²) >= 11 is 0. The molecule has 1 aromatic heterocycles. The zero-order chi connectivity index (χ0) is 10.9. The van der Waals surface area contributed by atoms with Crippen LogP contribution in [0.1, 0.15) is 38.4 Å². The molecule has 82 valence electrons. The standard InChI is InChI=1S/C11H17N3O/c1-10(15)5-2-3-6-11(10,12)9-13-7-4-8-14-9/h4,7-8,15H,2-3,5-6,12H2,1H3. The number of nitrogens with zero attached hydrogens (tertiary/aromatic N) is 2. The lowest BCUT2D eigenvalue weighted by molar-refractivity contribution is -0.0568. The molecule has 0 radical (unpaired) electrons. The number of aliphatic hydroxyl groups is 1. The maximum absolute atomic E-state index is 10.3. The van der Waals surface area contributed by atoms with Crippen molar-refractivity contribution in [2.75, 3.05) is 0 Å². The number of hydrogen-bond donors (Lipinski definition) is 2. The van der Waals surface area contributed by atoms with Crippen molar-refractivity contribution in [3.63, 3.8) is 0 Å². The largest absolute Gasteiger partial charge is 0.388 e. The second-order valence-corrected chi connectivity index (χ2v) is 4.52. The molecule has 1 fully saturated rings. The molecule has 3 N–H and O–H groups in total. The van der Waals surface area contributed by atoms with Crippen molar-refractivity contribution in [1.82, 2.24) is 9.97 Å². The molecule has 2 unspecified atom stereocenters. The predicted octanol–water partition coefficient (Wildman–Crippen LogP) is 0.956. The van der Waals surface area contributed by atoms with Gasteiger partial charge in [-0.1, -0.05) is 12.8 Å². The van der Waals surface area contributed by atoms with Gasteiger partial charge in [0.1, 0.15) is 5.54 Å². The number of hydrogen-bond acceptors (Lipinski definition) is 4. The van der Waals surface area contributed by atoms with E-state index in [2.05, 4.69) is 9.97 Å². The summed E-state index contributed by atoms with van der Waals surface area (Å²) < 4.78 is 0. The molecule has 0 saturated heterocycles. The first-order chi connectivity index (χ1) is 7.06. The van der Waals surface area contributed by atoms with Gasteiger partial charge in [-0.05, 0) is 25.8 Å². The van der Waals surface area contributed by atoms with Gasteiger partial charge in [0.15, 0.2) is 5.82 Å². The SMILES string of the molecule is CC1(O)CCCCC1(N)c1ncccn1. The zero-order valence-corrected chi connectivity index (χ0v) is 8.98. The molecular weight excluding hydrogens is 190 g/mol. The van der Waals surface area contributed by atoms with Gasteiger partial charge in [0.2, 0.25) is 0 Å². The second kappa shape index (κ2) is 3.54. The summed E-state index contributed by atoms with van der Waals surface area (Å²) in [6.07, 6.45) is 6.82. The van der Waals surface area contributed by atoms with Gasteiger partial charge in [-0.25, -0.2) is 9.97 Å². The number of nitrogens with two attached hydrogens (primary N) is 1. The van der Waals surface area contributed by atoms with Crippen molar-refractivity contribution in [1.29, 1.82) is 0 Å². The van der Waals surface area contributed by atoms with E-state index in [1.807, 2.05) is 0 Å². The summed E-state index contributed by atoms with van der Waals surface area (Å²) in [6, 6.07) is 1.75. The Morgan fingerprint density at radius 2 is 1.87 bits per heavy atom. The lowest BCUT2D eigenvalue weighted by Gasteiger charge is -2.44. The molecule has 4 nitrogen and oxygen atoms in total. The van der Waals surface area contributed by atoms with Gasteiger partial charge >= 0.3 is 0 Å². The third kappa shape index (κ3) is 1.64. The fourth-order valence-electron chi connectivity index (χ4n) is 2.25. The van der Waals surface area contributed by atoms with Crippen molar-refractivity contribution < 1.29 is 5.11 Å². The lowest BCUT2D eigenvalue weighted by atomic mass is 9.70. The van der Waals surface area contributed by atoms with Crippen molar-refractivity contribution in [3.8, 4) is 0 Å². The molecule has 1 aromatic rings. The molecule has 1 aliphatic carbocycles. The molecule has 0 spiro atoms. The Hall–Kier alpha value is -1.00. The average Bonchev–Trinajstić information content (AvgIpc) is 2.24. The van der Waals surface area contributed by atoms with Crippen molar-refractivity contribution in [2.45, 2.75) is 43.7 Å². The fraction of sp³-hybridized carbons (Fsp3) is 0.636. The van der Waals surface area contributed by atoms with Gasteiger partial charge in [0.05, 0.1) is 5.60 Å². The van der Waals surface area contributed by atoms with Crippen LogP contribution < -0.4 is 5.73 Å². The lowest BCUT2D eigenvalue weighted by Crippen LogP contribution is -2.58. The number of aromatic nitrogens is 2. The van der Waals surface area contributed by atoms with Crippen LogP contribution in [0.2, 0.25) is 0 Å². The van der Waals surface area contributed by atoms with Crippen LogP contribution in [0, 0.1) is 0 Å². The highest BCUT2D eigenvalue weighted by Crippen LogP contribution is 2.40. The van der Waals surface area contributed by atoms with Gasteiger partial charge in [-0.3, -0.25) is 0 Å². The van der Waals surface area contributed by atoms with Crippen LogP contribution in [0.5, 0.6) is 0 Å². The van der Waals surface area contributed by atoms with Crippen molar-refractivity contribution >= 4 is 0 Å². The molecule has 2 rings (SSSR count). The topological polar surface area (TPSA) is 72.0 Å². The summed E-state index contributed by atoms with van der Waals surface area (Å²) in [5, 5.41) is 10.3. The molecule has 4 heteroatoms. The summed E-state index contributed by atoms with van der Waals surface area (Å²) in [5.74, 6) is 0.551. The molecule has 2 atom stereocenters. The van der Waals surface area contributed by atoms with Gasteiger partial charge in [-0.2, -0.15) is 0 Å². The van der Waals surface area contributed by atoms with Crippen LogP contribution in [0.4, 0.5) is 0 Å². The Kier molecular flexibility index (Phi) is 2.48. The Morgan fingerprint density at radius 1 is 1.27 bits per heavy atom. The van der Waals surface area contributed by atoms with E-state index in [4.69, 9.17) is 5.73 Å². The third-order valence-corrected chi connectivity index (χ3v) is 3.41. The first-order valence-electron chi connectivity index (χ1n) is 5.35. The van der Waals surface area contributed by atoms with Crippen LogP contribution in [0.3, 0.4) is 0 Å². The Labute approximate surface area is 89.6 Å². The predicted molar refractivity (Wildman–Crippen MR) is 57.0 cm³/mol. The van der Waals surface area contributed by atoms with E-state index in [1.165, 1.54) is 0 Å². The van der Waals surface area contributed by atoms with Crippen LogP contribution in [0.25, 0.3) is 0 Å². The molecule has 0 aliphatic heterocycles. The Bertz CT molecular complexity index is 339. The van der Waals surface area contributed by atoms with E-state index >= 15 is 0 Å². The van der Waals surface area contributed by atoms with Gasteiger partial charge in [0.25, 0.3) is 0 Å².